The average molecular weight is 339 g/mol. The molecule has 0 aromatic carbocycles. The first-order valence-corrected chi connectivity index (χ1v) is 7.78. The van der Waals surface area contributed by atoms with Crippen LogP contribution in [0.3, 0.4) is 0 Å². The maximum atomic E-state index is 13.0. The molecule has 3 rings (SSSR count). The number of alkyl halides is 3. The van der Waals surface area contributed by atoms with Crippen LogP contribution in [0, 0.1) is 0 Å². The van der Waals surface area contributed by atoms with E-state index in [-0.39, 0.29) is 6.04 Å². The summed E-state index contributed by atoms with van der Waals surface area (Å²) < 4.78 is 41.0. The molecule has 0 atom stereocenters. The van der Waals surface area contributed by atoms with Crippen LogP contribution in [0.2, 0.25) is 0 Å². The molecule has 0 radical (unpaired) electrons. The third-order valence-corrected chi connectivity index (χ3v) is 4.26. The van der Waals surface area contributed by atoms with E-state index in [1.165, 1.54) is 6.20 Å². The number of nitrogens with zero attached hydrogens (tertiary/aromatic N) is 4. The SMILES string of the molecule is CC(C)n1nc(-c2cnc(N)c(C(F)(F)F)c2)cc1C1CN(C)C1. The van der Waals surface area contributed by atoms with E-state index in [0.717, 1.165) is 24.8 Å². The molecular formula is C16H20F3N5. The topological polar surface area (TPSA) is 60.0 Å². The van der Waals surface area contributed by atoms with Gasteiger partial charge >= 0.3 is 6.18 Å². The molecule has 0 spiro atoms. The quantitative estimate of drug-likeness (QED) is 0.933. The van der Waals surface area contributed by atoms with Crippen molar-refractivity contribution in [1.29, 1.82) is 0 Å². The highest BCUT2D eigenvalue weighted by Gasteiger charge is 2.35. The molecular weight excluding hydrogens is 319 g/mol. The molecule has 8 heteroatoms. The zero-order valence-corrected chi connectivity index (χ0v) is 13.8. The van der Waals surface area contributed by atoms with E-state index in [4.69, 9.17) is 5.73 Å². The zero-order chi connectivity index (χ0) is 17.6. The molecule has 1 fully saturated rings. The van der Waals surface area contributed by atoms with Gasteiger partial charge in [0, 0.05) is 42.5 Å². The lowest BCUT2D eigenvalue weighted by Gasteiger charge is -2.36. The van der Waals surface area contributed by atoms with E-state index in [9.17, 15) is 13.2 Å². The van der Waals surface area contributed by atoms with Gasteiger partial charge in [0.25, 0.3) is 0 Å². The predicted molar refractivity (Wildman–Crippen MR) is 85.5 cm³/mol. The Morgan fingerprint density at radius 1 is 1.25 bits per heavy atom. The van der Waals surface area contributed by atoms with Crippen molar-refractivity contribution in [2.45, 2.75) is 32.0 Å². The minimum absolute atomic E-state index is 0.128. The van der Waals surface area contributed by atoms with Crippen LogP contribution in [0.25, 0.3) is 11.3 Å². The number of pyridine rings is 1. The van der Waals surface area contributed by atoms with Gasteiger partial charge in [-0.1, -0.05) is 0 Å². The van der Waals surface area contributed by atoms with Gasteiger partial charge in [-0.05, 0) is 33.0 Å². The highest BCUT2D eigenvalue weighted by Crippen LogP contribution is 2.36. The van der Waals surface area contributed by atoms with Crippen molar-refractivity contribution in [3.63, 3.8) is 0 Å². The maximum absolute atomic E-state index is 13.0. The van der Waals surface area contributed by atoms with Gasteiger partial charge in [0.2, 0.25) is 0 Å². The highest BCUT2D eigenvalue weighted by molar-refractivity contribution is 5.62. The Hall–Kier alpha value is -2.09. The van der Waals surface area contributed by atoms with E-state index in [1.807, 2.05) is 31.6 Å². The molecule has 24 heavy (non-hydrogen) atoms. The van der Waals surface area contributed by atoms with Crippen molar-refractivity contribution in [3.8, 4) is 11.3 Å². The predicted octanol–water partition coefficient (Wildman–Crippen LogP) is 3.16. The normalized spacial score (nSPS) is 16.6. The Balaban J connectivity index is 2.02. The molecule has 1 saturated heterocycles. The summed E-state index contributed by atoms with van der Waals surface area (Å²) in [5.41, 5.74) is 6.30. The maximum Gasteiger partial charge on any atom is 0.419 e. The summed E-state index contributed by atoms with van der Waals surface area (Å²) in [5.74, 6) is -0.169. The minimum atomic E-state index is -4.53. The van der Waals surface area contributed by atoms with Crippen LogP contribution in [0.1, 0.15) is 37.1 Å². The van der Waals surface area contributed by atoms with E-state index < -0.39 is 17.6 Å². The van der Waals surface area contributed by atoms with Crippen LogP contribution in [-0.2, 0) is 6.18 Å². The fourth-order valence-electron chi connectivity index (χ4n) is 3.00. The molecule has 0 aliphatic carbocycles. The Kier molecular flexibility index (Phi) is 4.03. The molecule has 0 amide bonds. The van der Waals surface area contributed by atoms with Crippen molar-refractivity contribution in [3.05, 3.63) is 29.6 Å². The standard InChI is InChI=1S/C16H20F3N5/c1-9(2)24-14(11-7-23(3)8-11)5-13(22-24)10-4-12(16(17,18)19)15(20)21-6-10/h4-6,9,11H,7-8H2,1-3H3,(H2,20,21). The van der Waals surface area contributed by atoms with Crippen molar-refractivity contribution < 1.29 is 13.2 Å². The van der Waals surface area contributed by atoms with E-state index in [0.29, 0.717) is 17.2 Å². The van der Waals surface area contributed by atoms with Crippen LogP contribution in [0.15, 0.2) is 18.3 Å². The molecule has 0 bridgehead atoms. The summed E-state index contributed by atoms with van der Waals surface area (Å²) in [4.78, 5) is 5.89. The number of hydrogen-bond donors (Lipinski definition) is 1. The fraction of sp³-hybridized carbons (Fsp3) is 0.500. The molecule has 130 valence electrons. The number of nitrogen functional groups attached to an aromatic ring is 1. The van der Waals surface area contributed by atoms with Crippen molar-refractivity contribution >= 4 is 5.82 Å². The smallest absolute Gasteiger partial charge is 0.383 e. The monoisotopic (exact) mass is 339 g/mol. The number of likely N-dealkylation sites (tertiary alicyclic amines) is 1. The Bertz CT molecular complexity index is 745. The summed E-state index contributed by atoms with van der Waals surface area (Å²) in [6.07, 6.45) is -3.19. The molecule has 2 aromatic heterocycles. The van der Waals surface area contributed by atoms with Gasteiger partial charge in [-0.3, -0.25) is 4.68 Å². The lowest BCUT2D eigenvalue weighted by atomic mass is 9.96. The number of rotatable bonds is 3. The van der Waals surface area contributed by atoms with Gasteiger partial charge in [-0.25, -0.2) is 4.98 Å². The van der Waals surface area contributed by atoms with Crippen LogP contribution in [-0.4, -0.2) is 39.8 Å². The molecule has 1 aliphatic heterocycles. The average Bonchev–Trinajstić information content (AvgIpc) is 2.88. The van der Waals surface area contributed by atoms with E-state index in [2.05, 4.69) is 15.0 Å². The van der Waals surface area contributed by atoms with Gasteiger partial charge in [-0.2, -0.15) is 18.3 Å². The summed E-state index contributed by atoms with van der Waals surface area (Å²) in [6, 6.07) is 3.01. The second-order valence-corrected chi connectivity index (χ2v) is 6.57. The first-order valence-electron chi connectivity index (χ1n) is 7.78. The van der Waals surface area contributed by atoms with Gasteiger partial charge < -0.3 is 10.6 Å². The van der Waals surface area contributed by atoms with Crippen LogP contribution >= 0.6 is 0 Å². The Morgan fingerprint density at radius 2 is 1.92 bits per heavy atom. The number of hydrogen-bond acceptors (Lipinski definition) is 4. The number of aromatic nitrogens is 3. The molecule has 2 aromatic rings. The van der Waals surface area contributed by atoms with Crippen LogP contribution in [0.5, 0.6) is 0 Å². The number of anilines is 1. The Morgan fingerprint density at radius 3 is 2.46 bits per heavy atom. The number of likely N-dealkylation sites (N-methyl/N-ethyl adjacent to an activating group) is 1. The lowest BCUT2D eigenvalue weighted by molar-refractivity contribution is -0.137. The first kappa shape index (κ1) is 16.8. The van der Waals surface area contributed by atoms with Crippen molar-refractivity contribution in [2.24, 2.45) is 0 Å². The largest absolute Gasteiger partial charge is 0.419 e. The second kappa shape index (κ2) is 5.77. The summed E-state index contributed by atoms with van der Waals surface area (Å²) in [6.45, 7) is 5.85. The fourth-order valence-corrected chi connectivity index (χ4v) is 3.00. The Labute approximate surface area is 138 Å². The minimum Gasteiger partial charge on any atom is -0.383 e. The van der Waals surface area contributed by atoms with Crippen LogP contribution < -0.4 is 5.73 Å². The molecule has 2 N–H and O–H groups in total. The molecule has 3 heterocycles. The van der Waals surface area contributed by atoms with Crippen molar-refractivity contribution in [1.82, 2.24) is 19.7 Å². The highest BCUT2D eigenvalue weighted by atomic mass is 19.4. The van der Waals surface area contributed by atoms with Gasteiger partial charge in [0.15, 0.2) is 0 Å². The third kappa shape index (κ3) is 2.98. The van der Waals surface area contributed by atoms with E-state index >= 15 is 0 Å². The van der Waals surface area contributed by atoms with Crippen molar-refractivity contribution in [2.75, 3.05) is 25.9 Å². The zero-order valence-electron chi connectivity index (χ0n) is 13.8. The number of nitrogens with two attached hydrogens (primary N) is 1. The third-order valence-electron chi connectivity index (χ3n) is 4.26. The lowest BCUT2D eigenvalue weighted by Crippen LogP contribution is -2.42. The van der Waals surface area contributed by atoms with Crippen LogP contribution in [0.4, 0.5) is 19.0 Å². The summed E-state index contributed by atoms with van der Waals surface area (Å²) >= 11 is 0. The van der Waals surface area contributed by atoms with Gasteiger partial charge in [0.1, 0.15) is 5.82 Å². The van der Waals surface area contributed by atoms with Gasteiger partial charge in [0.05, 0.1) is 11.3 Å². The van der Waals surface area contributed by atoms with E-state index in [1.54, 1.807) is 0 Å². The summed E-state index contributed by atoms with van der Waals surface area (Å²) in [7, 11) is 2.03. The second-order valence-electron chi connectivity index (χ2n) is 6.57. The molecule has 0 unspecified atom stereocenters. The molecule has 5 nitrogen and oxygen atoms in total. The molecule has 1 aliphatic rings. The molecule has 0 saturated carbocycles. The first-order chi connectivity index (χ1) is 11.2. The number of halogens is 3. The summed E-state index contributed by atoms with van der Waals surface area (Å²) in [5, 5.41) is 4.51. The van der Waals surface area contributed by atoms with Gasteiger partial charge in [-0.15, -0.1) is 0 Å².